The van der Waals surface area contributed by atoms with Crippen LogP contribution in [0.2, 0.25) is 5.02 Å². The summed E-state index contributed by atoms with van der Waals surface area (Å²) < 4.78 is 33.1. The lowest BCUT2D eigenvalue weighted by atomic mass is 9.91. The second kappa shape index (κ2) is 11.4. The zero-order chi connectivity index (χ0) is 30.5. The Morgan fingerprint density at radius 2 is 2.05 bits per heavy atom. The standard InChI is InChI=1S/C30H28ClFN8O3S/c1-3-20-38-39-21(43-20)10-35-29-24-18-13-41-12-17(18)22(15-6-7-19(32)27-23(15)16(9-33)28(34)44-27)25(31)26(24)36-30(37-29)42-11-14-5-4-8-40(14)2/h6-7,14H,3-5,8,10-13,34H2,1-2H3,(H,35,36,37). The Morgan fingerprint density at radius 1 is 1.23 bits per heavy atom. The number of nitrogens with one attached hydrogen (secondary N) is 1. The summed E-state index contributed by atoms with van der Waals surface area (Å²) in [5, 5.41) is 23.1. The molecule has 1 unspecified atom stereocenters. The summed E-state index contributed by atoms with van der Waals surface area (Å²) in [7, 11) is 2.08. The SMILES string of the molecule is CCc1nnc(CNc2nc(OCC3CCCN3C)nc3c(Cl)c(-c4ccc(F)c5sc(N)c(C#N)c45)c4c(c23)COC4)o1. The first-order valence-electron chi connectivity index (χ1n) is 14.3. The lowest BCUT2D eigenvalue weighted by molar-refractivity contribution is 0.135. The molecule has 0 aliphatic carbocycles. The van der Waals surface area contributed by atoms with Crippen LogP contribution in [0.15, 0.2) is 16.5 Å². The molecule has 226 valence electrons. The summed E-state index contributed by atoms with van der Waals surface area (Å²) in [5.41, 5.74) is 9.65. The number of likely N-dealkylation sites (tertiary alicyclic amines) is 1. The third kappa shape index (κ3) is 4.78. The predicted molar refractivity (Wildman–Crippen MR) is 165 cm³/mol. The molecule has 5 aromatic rings. The van der Waals surface area contributed by atoms with Gasteiger partial charge in [-0.15, -0.1) is 21.5 Å². The Bertz CT molecular complexity index is 1970. The molecular weight excluding hydrogens is 607 g/mol. The normalized spacial score (nSPS) is 16.6. The van der Waals surface area contributed by atoms with E-state index in [0.29, 0.717) is 67.8 Å². The number of hydrogen-bond donors (Lipinski definition) is 2. The van der Waals surface area contributed by atoms with E-state index in [1.54, 1.807) is 6.07 Å². The van der Waals surface area contributed by atoms with Gasteiger partial charge < -0.3 is 29.8 Å². The van der Waals surface area contributed by atoms with Crippen molar-refractivity contribution in [3.63, 3.8) is 0 Å². The van der Waals surface area contributed by atoms with Gasteiger partial charge in [0.2, 0.25) is 11.8 Å². The molecule has 44 heavy (non-hydrogen) atoms. The Labute approximate surface area is 260 Å². The molecule has 7 rings (SSSR count). The Morgan fingerprint density at radius 3 is 2.80 bits per heavy atom. The van der Waals surface area contributed by atoms with Crippen LogP contribution in [-0.4, -0.2) is 51.3 Å². The van der Waals surface area contributed by atoms with E-state index < -0.39 is 5.82 Å². The molecule has 2 aliphatic heterocycles. The summed E-state index contributed by atoms with van der Waals surface area (Å²) in [6, 6.07) is 5.55. The van der Waals surface area contributed by atoms with E-state index in [2.05, 4.69) is 33.5 Å². The van der Waals surface area contributed by atoms with Crippen molar-refractivity contribution >= 4 is 54.7 Å². The number of benzene rings is 2. The summed E-state index contributed by atoms with van der Waals surface area (Å²) in [6.07, 6.45) is 2.75. The first kappa shape index (κ1) is 28.7. The number of halogens is 2. The van der Waals surface area contributed by atoms with Crippen LogP contribution in [0, 0.1) is 17.1 Å². The highest BCUT2D eigenvalue weighted by atomic mass is 35.5. The monoisotopic (exact) mass is 634 g/mol. The van der Waals surface area contributed by atoms with Crippen molar-refractivity contribution in [3.05, 3.63) is 51.4 Å². The highest BCUT2D eigenvalue weighted by molar-refractivity contribution is 7.23. The highest BCUT2D eigenvalue weighted by Crippen LogP contribution is 2.49. The van der Waals surface area contributed by atoms with Crippen LogP contribution in [0.3, 0.4) is 0 Å². The summed E-state index contributed by atoms with van der Waals surface area (Å²) in [5.74, 6) is 0.975. The number of anilines is 2. The number of aromatic nitrogens is 4. The molecule has 2 aromatic carbocycles. The molecule has 0 amide bonds. The van der Waals surface area contributed by atoms with Crippen molar-refractivity contribution in [1.29, 1.82) is 5.26 Å². The van der Waals surface area contributed by atoms with Gasteiger partial charge in [0.25, 0.3) is 0 Å². The number of likely N-dealkylation sites (N-methyl/N-ethyl adjacent to an activating group) is 1. The number of nitrogens with zero attached hydrogens (tertiary/aromatic N) is 6. The molecule has 2 aliphatic rings. The fourth-order valence-electron chi connectivity index (χ4n) is 6.02. The van der Waals surface area contributed by atoms with E-state index in [0.717, 1.165) is 41.9 Å². The predicted octanol–water partition coefficient (Wildman–Crippen LogP) is 5.82. The fraction of sp³-hybridized carbons (Fsp3) is 0.367. The second-order valence-corrected chi connectivity index (χ2v) is 12.3. The first-order chi connectivity index (χ1) is 21.4. The van der Waals surface area contributed by atoms with Crippen LogP contribution < -0.4 is 15.8 Å². The van der Waals surface area contributed by atoms with E-state index in [-0.39, 0.29) is 42.4 Å². The number of thiophene rings is 1. The van der Waals surface area contributed by atoms with Gasteiger partial charge in [-0.2, -0.15) is 15.2 Å². The van der Waals surface area contributed by atoms with Crippen molar-refractivity contribution in [2.75, 3.05) is 31.2 Å². The molecule has 3 aromatic heterocycles. The van der Waals surface area contributed by atoms with Gasteiger partial charge in [-0.05, 0) is 49.2 Å². The van der Waals surface area contributed by atoms with Gasteiger partial charge in [0.1, 0.15) is 29.3 Å². The average Bonchev–Trinajstić information content (AvgIpc) is 3.83. The van der Waals surface area contributed by atoms with Crippen LogP contribution in [-0.2, 0) is 30.9 Å². The minimum Gasteiger partial charge on any atom is -0.462 e. The second-order valence-electron chi connectivity index (χ2n) is 10.9. The number of fused-ring (bicyclic) bond motifs is 4. The molecule has 11 nitrogen and oxygen atoms in total. The van der Waals surface area contributed by atoms with Gasteiger partial charge in [0.15, 0.2) is 0 Å². The Kier molecular flexibility index (Phi) is 7.45. The molecule has 1 fully saturated rings. The summed E-state index contributed by atoms with van der Waals surface area (Å²) in [6.45, 7) is 4.13. The van der Waals surface area contributed by atoms with Gasteiger partial charge in [0.05, 0.1) is 45.9 Å². The van der Waals surface area contributed by atoms with Gasteiger partial charge in [-0.25, -0.2) is 4.39 Å². The highest BCUT2D eigenvalue weighted by Gasteiger charge is 2.30. The molecule has 0 bridgehead atoms. The molecule has 1 atom stereocenters. The molecule has 0 saturated carbocycles. The zero-order valence-corrected chi connectivity index (χ0v) is 25.6. The van der Waals surface area contributed by atoms with E-state index in [1.165, 1.54) is 6.07 Å². The Balaban J connectivity index is 1.42. The van der Waals surface area contributed by atoms with Crippen LogP contribution in [0.5, 0.6) is 6.01 Å². The van der Waals surface area contributed by atoms with Crippen LogP contribution in [0.25, 0.3) is 32.1 Å². The smallest absolute Gasteiger partial charge is 0.319 e. The zero-order valence-electron chi connectivity index (χ0n) is 24.0. The van der Waals surface area contributed by atoms with E-state index in [9.17, 15) is 9.65 Å². The first-order valence-corrected chi connectivity index (χ1v) is 15.5. The maximum atomic E-state index is 15.0. The van der Waals surface area contributed by atoms with E-state index in [1.807, 2.05) is 6.92 Å². The number of rotatable bonds is 8. The molecule has 1 saturated heterocycles. The van der Waals surface area contributed by atoms with Crippen molar-refractivity contribution in [2.45, 2.75) is 52.0 Å². The van der Waals surface area contributed by atoms with Crippen molar-refractivity contribution < 1.29 is 18.3 Å². The topological polar surface area (TPSA) is 148 Å². The number of ether oxygens (including phenoxy) is 2. The number of hydrogen-bond acceptors (Lipinski definition) is 12. The van der Waals surface area contributed by atoms with Gasteiger partial charge >= 0.3 is 6.01 Å². The van der Waals surface area contributed by atoms with Crippen molar-refractivity contribution in [2.24, 2.45) is 0 Å². The van der Waals surface area contributed by atoms with Crippen LogP contribution in [0.4, 0.5) is 15.2 Å². The third-order valence-corrected chi connectivity index (χ3v) is 9.67. The fourth-order valence-corrected chi connectivity index (χ4v) is 7.32. The van der Waals surface area contributed by atoms with Gasteiger partial charge in [-0.1, -0.05) is 24.6 Å². The average molecular weight is 635 g/mol. The van der Waals surface area contributed by atoms with Crippen LogP contribution >= 0.6 is 22.9 Å². The summed E-state index contributed by atoms with van der Waals surface area (Å²) in [4.78, 5) is 11.8. The lowest BCUT2D eigenvalue weighted by Crippen LogP contribution is -2.30. The third-order valence-electron chi connectivity index (χ3n) is 8.27. The minimum absolute atomic E-state index is 0.161. The molecule has 3 N–H and O–H groups in total. The Hall–Kier alpha value is -4.09. The van der Waals surface area contributed by atoms with Crippen molar-refractivity contribution in [3.8, 4) is 23.2 Å². The molecule has 0 radical (unpaired) electrons. The van der Waals surface area contributed by atoms with E-state index in [4.69, 9.17) is 41.2 Å². The lowest BCUT2D eigenvalue weighted by Gasteiger charge is -2.20. The van der Waals surface area contributed by atoms with Crippen molar-refractivity contribution in [1.82, 2.24) is 25.1 Å². The number of nitriles is 1. The number of aryl methyl sites for hydroxylation is 1. The van der Waals surface area contributed by atoms with Gasteiger partial charge in [-0.3, -0.25) is 0 Å². The molecule has 14 heteroatoms. The number of nitrogens with two attached hydrogens (primary N) is 1. The largest absolute Gasteiger partial charge is 0.462 e. The minimum atomic E-state index is -0.458. The number of nitrogen functional groups attached to an aromatic ring is 1. The molecule has 0 spiro atoms. The maximum absolute atomic E-state index is 15.0. The molecular formula is C30H28ClFN8O3S. The molecule has 5 heterocycles. The van der Waals surface area contributed by atoms with Crippen LogP contribution in [0.1, 0.15) is 48.2 Å². The summed E-state index contributed by atoms with van der Waals surface area (Å²) >= 11 is 8.29. The van der Waals surface area contributed by atoms with E-state index >= 15 is 0 Å². The maximum Gasteiger partial charge on any atom is 0.319 e. The quantitative estimate of drug-likeness (QED) is 0.213. The van der Waals surface area contributed by atoms with Gasteiger partial charge in [0, 0.05) is 23.4 Å².